The smallest absolute Gasteiger partial charge is 0.155 e. The summed E-state index contributed by atoms with van der Waals surface area (Å²) < 4.78 is 24.9. The molecule has 0 radical (unpaired) electrons. The molecule has 0 unspecified atom stereocenters. The fourth-order valence-electron chi connectivity index (χ4n) is 6.01. The van der Waals surface area contributed by atoms with Crippen molar-refractivity contribution in [2.24, 2.45) is 28.6 Å². The quantitative estimate of drug-likeness (QED) is 0.723. The van der Waals surface area contributed by atoms with Gasteiger partial charge in [-0.05, 0) is 78.7 Å². The largest absolute Gasteiger partial charge is 0.393 e. The van der Waals surface area contributed by atoms with Gasteiger partial charge in [-0.2, -0.15) is 0 Å². The zero-order valence-electron chi connectivity index (χ0n) is 16.4. The summed E-state index contributed by atoms with van der Waals surface area (Å²) in [5.74, 6) is 0.328. The van der Waals surface area contributed by atoms with Gasteiger partial charge >= 0.3 is 0 Å². The van der Waals surface area contributed by atoms with E-state index in [1.54, 1.807) is 6.08 Å². The van der Waals surface area contributed by atoms with E-state index in [0.717, 1.165) is 18.4 Å². The van der Waals surface area contributed by atoms with Gasteiger partial charge in [-0.3, -0.25) is 4.79 Å². The van der Waals surface area contributed by atoms with Gasteiger partial charge in [0.15, 0.2) is 5.78 Å². The SMILES string of the molecule is [2H]C1([2H])C[C@@H]2[C@@H]3C[C@@H](O)C4=CC(=O)CC[C@]4(C)[C@@H]3CC[C@]2(C)[C@@]1([2H])O. The van der Waals surface area contributed by atoms with Crippen molar-refractivity contribution in [3.05, 3.63) is 11.6 Å². The number of fused-ring (bicyclic) bond motifs is 5. The molecule has 3 heteroatoms. The topological polar surface area (TPSA) is 57.5 Å². The molecule has 7 atom stereocenters. The van der Waals surface area contributed by atoms with Crippen molar-refractivity contribution in [3.8, 4) is 0 Å². The number of hydrogen-bond acceptors (Lipinski definition) is 3. The van der Waals surface area contributed by atoms with E-state index < -0.39 is 24.0 Å². The molecular weight excluding hydrogens is 276 g/mol. The van der Waals surface area contributed by atoms with Crippen LogP contribution in [0.1, 0.15) is 62.9 Å². The molecule has 4 rings (SSSR count). The molecule has 0 spiro atoms. The lowest BCUT2D eigenvalue weighted by atomic mass is 9.47. The van der Waals surface area contributed by atoms with Crippen molar-refractivity contribution < 1.29 is 19.1 Å². The summed E-state index contributed by atoms with van der Waals surface area (Å²) >= 11 is 0. The maximum absolute atomic E-state index is 11.9. The Kier molecular flexibility index (Phi) is 2.51. The first-order chi connectivity index (χ1) is 11.4. The maximum Gasteiger partial charge on any atom is 0.155 e. The minimum atomic E-state index is -2.10. The van der Waals surface area contributed by atoms with Crippen molar-refractivity contribution in [1.29, 1.82) is 0 Å². The van der Waals surface area contributed by atoms with Crippen LogP contribution in [0.25, 0.3) is 0 Å². The van der Waals surface area contributed by atoms with E-state index in [4.69, 9.17) is 4.11 Å². The normalized spacial score (nSPS) is 61.9. The monoisotopic (exact) mass is 307 g/mol. The minimum absolute atomic E-state index is 0.0820. The first kappa shape index (κ1) is 11.8. The highest BCUT2D eigenvalue weighted by atomic mass is 16.3. The van der Waals surface area contributed by atoms with Crippen molar-refractivity contribution >= 4 is 5.78 Å². The van der Waals surface area contributed by atoms with Crippen molar-refractivity contribution in [1.82, 2.24) is 0 Å². The summed E-state index contributed by atoms with van der Waals surface area (Å²) in [6.07, 6.45) is 0.270. The molecule has 122 valence electrons. The Morgan fingerprint density at radius 2 is 2.05 bits per heavy atom. The standard InChI is InChI=1S/C19H28O3/c1-18-7-5-11(20)9-15(18)16(21)10-12-13-3-4-17(22)19(13,2)8-6-14(12)18/h9,12-14,16-17,21-22H,3-8,10H2,1-2H3/t12-,13+,14+,16+,17-,18+,19-/m0/s1/i4D2,17D. The molecule has 22 heavy (non-hydrogen) atoms. The molecule has 0 bridgehead atoms. The molecule has 0 saturated heterocycles. The second kappa shape index (κ2) is 4.67. The average Bonchev–Trinajstić information content (AvgIpc) is 2.66. The van der Waals surface area contributed by atoms with E-state index in [9.17, 15) is 15.0 Å². The zero-order chi connectivity index (χ0) is 18.4. The lowest BCUT2D eigenvalue weighted by Gasteiger charge is -2.58. The van der Waals surface area contributed by atoms with Gasteiger partial charge in [0, 0.05) is 9.16 Å². The Morgan fingerprint density at radius 1 is 1.27 bits per heavy atom. The highest BCUT2D eigenvalue weighted by Crippen LogP contribution is 2.65. The van der Waals surface area contributed by atoms with Crippen LogP contribution in [0.2, 0.25) is 0 Å². The lowest BCUT2D eigenvalue weighted by Crippen LogP contribution is -2.54. The minimum Gasteiger partial charge on any atom is -0.393 e. The Labute approximate surface area is 137 Å². The maximum atomic E-state index is 11.9. The number of ketones is 1. The third-order valence-electron chi connectivity index (χ3n) is 7.40. The van der Waals surface area contributed by atoms with Crippen LogP contribution in [0.15, 0.2) is 11.6 Å². The molecule has 3 fully saturated rings. The summed E-state index contributed by atoms with van der Waals surface area (Å²) in [7, 11) is 0. The first-order valence-corrected chi connectivity index (χ1v) is 8.59. The highest BCUT2D eigenvalue weighted by molar-refractivity contribution is 5.91. The molecule has 2 N–H and O–H groups in total. The highest BCUT2D eigenvalue weighted by Gasteiger charge is 2.60. The van der Waals surface area contributed by atoms with E-state index in [1.807, 2.05) is 6.92 Å². The molecule has 3 nitrogen and oxygen atoms in total. The first-order valence-electron chi connectivity index (χ1n) is 10.1. The zero-order valence-corrected chi connectivity index (χ0v) is 13.4. The summed E-state index contributed by atoms with van der Waals surface area (Å²) in [6, 6.07) is 0. The van der Waals surface area contributed by atoms with Crippen LogP contribution in [0.5, 0.6) is 0 Å². The van der Waals surface area contributed by atoms with Gasteiger partial charge in [0.05, 0.1) is 13.6 Å². The second-order valence-electron chi connectivity index (χ2n) is 8.30. The van der Waals surface area contributed by atoms with Gasteiger partial charge in [-0.15, -0.1) is 0 Å². The number of carbonyl (C=O) groups excluding carboxylic acids is 1. The van der Waals surface area contributed by atoms with E-state index >= 15 is 0 Å². The number of hydrogen-bond donors (Lipinski definition) is 2. The van der Waals surface area contributed by atoms with Crippen LogP contribution in [0.3, 0.4) is 0 Å². The number of rotatable bonds is 0. The van der Waals surface area contributed by atoms with Gasteiger partial charge in [-0.1, -0.05) is 13.8 Å². The Hall–Kier alpha value is -0.670. The summed E-state index contributed by atoms with van der Waals surface area (Å²) in [4.78, 5) is 11.9. The molecular formula is C19H28O3. The molecule has 0 heterocycles. The summed E-state index contributed by atoms with van der Waals surface area (Å²) in [5.41, 5.74) is -0.164. The predicted octanol–water partition coefficient (Wildman–Crippen LogP) is 2.85. The van der Waals surface area contributed by atoms with Gasteiger partial charge in [0.25, 0.3) is 0 Å². The molecule has 0 aliphatic heterocycles. The predicted molar refractivity (Wildman–Crippen MR) is 84.1 cm³/mol. The van der Waals surface area contributed by atoms with E-state index in [1.165, 1.54) is 0 Å². The Morgan fingerprint density at radius 3 is 2.82 bits per heavy atom. The van der Waals surface area contributed by atoms with Crippen LogP contribution in [-0.4, -0.2) is 28.2 Å². The fourth-order valence-corrected chi connectivity index (χ4v) is 6.01. The second-order valence-corrected chi connectivity index (χ2v) is 8.30. The van der Waals surface area contributed by atoms with Gasteiger partial charge < -0.3 is 10.2 Å². The third-order valence-corrected chi connectivity index (χ3v) is 7.40. The van der Waals surface area contributed by atoms with Crippen LogP contribution in [-0.2, 0) is 4.79 Å². The molecule has 4 aliphatic rings. The molecule has 3 saturated carbocycles. The van der Waals surface area contributed by atoms with Crippen molar-refractivity contribution in [3.63, 3.8) is 0 Å². The Bertz CT molecular complexity index is 658. The number of aliphatic hydroxyl groups excluding tert-OH is 1. The van der Waals surface area contributed by atoms with Gasteiger partial charge in [0.1, 0.15) is 0 Å². The van der Waals surface area contributed by atoms with E-state index in [2.05, 4.69) is 6.92 Å². The summed E-state index contributed by atoms with van der Waals surface area (Å²) in [6.45, 7) is 4.00. The fraction of sp³-hybridized carbons (Fsp3) is 0.842. The Balaban J connectivity index is 1.77. The molecule has 4 aliphatic carbocycles. The molecule has 0 aromatic heterocycles. The van der Waals surface area contributed by atoms with Crippen LogP contribution in [0.4, 0.5) is 0 Å². The van der Waals surface area contributed by atoms with Crippen LogP contribution in [0, 0.1) is 28.6 Å². The number of carbonyl (C=O) groups is 1. The third kappa shape index (κ3) is 1.78. The summed E-state index contributed by atoms with van der Waals surface area (Å²) in [5, 5.41) is 21.5. The van der Waals surface area contributed by atoms with Gasteiger partial charge in [-0.25, -0.2) is 0 Å². The van der Waals surface area contributed by atoms with Crippen LogP contribution >= 0.6 is 0 Å². The van der Waals surface area contributed by atoms with Crippen molar-refractivity contribution in [2.45, 2.75) is 70.9 Å². The lowest BCUT2D eigenvalue weighted by molar-refractivity contribution is -0.120. The molecule has 0 aromatic carbocycles. The average molecular weight is 307 g/mol. The van der Waals surface area contributed by atoms with Crippen LogP contribution < -0.4 is 0 Å². The van der Waals surface area contributed by atoms with Gasteiger partial charge in [0.2, 0.25) is 0 Å². The molecule has 0 amide bonds. The van der Waals surface area contributed by atoms with Crippen molar-refractivity contribution in [2.75, 3.05) is 0 Å². The molecule has 0 aromatic rings. The number of aliphatic hydroxyl groups is 2. The van der Waals surface area contributed by atoms with E-state index in [-0.39, 0.29) is 35.4 Å². The van der Waals surface area contributed by atoms with E-state index in [0.29, 0.717) is 19.3 Å².